The maximum atomic E-state index is 11.2. The van der Waals surface area contributed by atoms with Gasteiger partial charge < -0.3 is 9.15 Å². The van der Waals surface area contributed by atoms with Crippen LogP contribution in [0, 0.1) is 0 Å². The number of hydrogen-bond acceptors (Lipinski definition) is 7. The topological polar surface area (TPSA) is 78.1 Å². The third-order valence-corrected chi connectivity index (χ3v) is 2.28. The highest BCUT2D eigenvalue weighted by atomic mass is 32.1. The van der Waals surface area contributed by atoms with Crippen LogP contribution in [0.15, 0.2) is 16.1 Å². The number of esters is 1. The summed E-state index contributed by atoms with van der Waals surface area (Å²) in [6.07, 6.45) is 1.59. The zero-order valence-corrected chi connectivity index (χ0v) is 8.65. The van der Waals surface area contributed by atoms with Crippen molar-refractivity contribution in [3.8, 4) is 10.8 Å². The summed E-state index contributed by atoms with van der Waals surface area (Å²) < 4.78 is 9.83. The van der Waals surface area contributed by atoms with E-state index < -0.39 is 5.97 Å². The van der Waals surface area contributed by atoms with Gasteiger partial charge in [0.05, 0.1) is 18.3 Å². The van der Waals surface area contributed by atoms with Gasteiger partial charge in [-0.25, -0.2) is 4.79 Å². The van der Waals surface area contributed by atoms with Gasteiger partial charge in [0.1, 0.15) is 4.88 Å². The molecule has 6 nitrogen and oxygen atoms in total. The smallest absolute Gasteiger partial charge is 0.396 e. The first-order valence-corrected chi connectivity index (χ1v) is 5.08. The Bertz CT molecular complexity index is 451. The quantitative estimate of drug-likeness (QED) is 0.734. The van der Waals surface area contributed by atoms with Gasteiger partial charge in [-0.15, -0.1) is 21.5 Å². The number of hydrogen-bond donors (Lipinski definition) is 0. The van der Waals surface area contributed by atoms with E-state index in [4.69, 9.17) is 9.15 Å². The van der Waals surface area contributed by atoms with E-state index in [1.54, 1.807) is 18.6 Å². The number of ether oxygens (including phenoxy) is 1. The molecular weight excluding hydrogens is 218 g/mol. The summed E-state index contributed by atoms with van der Waals surface area (Å²) in [5.74, 6) is -0.471. The molecule has 2 aromatic heterocycles. The molecule has 0 aromatic carbocycles. The molecular formula is C8H7N3O3S. The Kier molecular flexibility index (Phi) is 2.72. The van der Waals surface area contributed by atoms with Crippen LogP contribution in [0.25, 0.3) is 10.8 Å². The van der Waals surface area contributed by atoms with E-state index in [0.29, 0.717) is 0 Å². The van der Waals surface area contributed by atoms with Crippen molar-refractivity contribution in [2.45, 2.75) is 6.92 Å². The van der Waals surface area contributed by atoms with Crippen molar-refractivity contribution in [1.82, 2.24) is 15.2 Å². The van der Waals surface area contributed by atoms with Gasteiger partial charge in [0, 0.05) is 0 Å². The number of thiazole rings is 1. The zero-order chi connectivity index (χ0) is 10.7. The summed E-state index contributed by atoms with van der Waals surface area (Å²) in [5, 5.41) is 7.29. The lowest BCUT2D eigenvalue weighted by molar-refractivity contribution is 0.0481. The molecule has 15 heavy (non-hydrogen) atoms. The maximum Gasteiger partial charge on any atom is 0.396 e. The van der Waals surface area contributed by atoms with Gasteiger partial charge in [0.25, 0.3) is 5.89 Å². The minimum absolute atomic E-state index is 0.139. The van der Waals surface area contributed by atoms with Crippen molar-refractivity contribution in [1.29, 1.82) is 0 Å². The third-order valence-electron chi connectivity index (χ3n) is 1.52. The van der Waals surface area contributed by atoms with Crippen LogP contribution in [0.4, 0.5) is 0 Å². The molecule has 0 fully saturated rings. The van der Waals surface area contributed by atoms with Crippen LogP contribution in [0.3, 0.4) is 0 Å². The Labute approximate surface area is 88.9 Å². The summed E-state index contributed by atoms with van der Waals surface area (Å²) in [6, 6.07) is 0. The van der Waals surface area contributed by atoms with E-state index in [-0.39, 0.29) is 18.4 Å². The van der Waals surface area contributed by atoms with E-state index in [0.717, 1.165) is 4.88 Å². The molecule has 0 aliphatic carbocycles. The summed E-state index contributed by atoms with van der Waals surface area (Å²) in [4.78, 5) is 15.8. The molecule has 0 amide bonds. The molecule has 0 unspecified atom stereocenters. The maximum absolute atomic E-state index is 11.2. The van der Waals surface area contributed by atoms with Crippen LogP contribution >= 0.6 is 11.3 Å². The van der Waals surface area contributed by atoms with Gasteiger partial charge in [0.15, 0.2) is 0 Å². The highest BCUT2D eigenvalue weighted by molar-refractivity contribution is 7.13. The molecule has 0 radical (unpaired) electrons. The Hall–Kier alpha value is -1.76. The molecule has 0 aliphatic rings. The van der Waals surface area contributed by atoms with E-state index in [1.807, 2.05) is 0 Å². The van der Waals surface area contributed by atoms with Crippen LogP contribution < -0.4 is 0 Å². The molecule has 2 aromatic rings. The van der Waals surface area contributed by atoms with Crippen molar-refractivity contribution in [2.75, 3.05) is 6.61 Å². The Morgan fingerprint density at radius 2 is 2.47 bits per heavy atom. The summed E-state index contributed by atoms with van der Waals surface area (Å²) in [7, 11) is 0. The van der Waals surface area contributed by atoms with Crippen molar-refractivity contribution in [2.24, 2.45) is 0 Å². The molecule has 2 heterocycles. The second-order valence-electron chi connectivity index (χ2n) is 2.50. The van der Waals surface area contributed by atoms with Crippen LogP contribution in [0.2, 0.25) is 0 Å². The highest BCUT2D eigenvalue weighted by Crippen LogP contribution is 2.21. The van der Waals surface area contributed by atoms with Crippen molar-refractivity contribution < 1.29 is 13.9 Å². The summed E-state index contributed by atoms with van der Waals surface area (Å²) >= 11 is 1.35. The largest absolute Gasteiger partial charge is 0.459 e. The average Bonchev–Trinajstić information content (AvgIpc) is 2.89. The van der Waals surface area contributed by atoms with E-state index in [2.05, 4.69) is 15.2 Å². The van der Waals surface area contributed by atoms with Gasteiger partial charge in [-0.1, -0.05) is 0 Å². The number of carbonyl (C=O) groups excluding carboxylic acids is 1. The molecule has 0 N–H and O–H groups in total. The predicted molar refractivity (Wildman–Crippen MR) is 51.4 cm³/mol. The molecule has 7 heteroatoms. The Morgan fingerprint density at radius 3 is 3.13 bits per heavy atom. The molecule has 2 rings (SSSR count). The standard InChI is InChI=1S/C8H7N3O3S/c1-2-13-8(12)7-11-10-6(14-7)5-3-9-4-15-5/h3-4H,2H2,1H3. The van der Waals surface area contributed by atoms with Gasteiger partial charge in [-0.3, -0.25) is 4.98 Å². The fourth-order valence-corrected chi connectivity index (χ4v) is 1.46. The first-order valence-electron chi connectivity index (χ1n) is 4.20. The molecule has 0 atom stereocenters. The van der Waals surface area contributed by atoms with E-state index in [9.17, 15) is 4.79 Å². The molecule has 78 valence electrons. The first-order chi connectivity index (χ1) is 7.31. The number of nitrogens with zero attached hydrogens (tertiary/aromatic N) is 3. The van der Waals surface area contributed by atoms with Crippen molar-refractivity contribution in [3.05, 3.63) is 17.6 Å². The van der Waals surface area contributed by atoms with Crippen molar-refractivity contribution in [3.63, 3.8) is 0 Å². The second-order valence-corrected chi connectivity index (χ2v) is 3.38. The van der Waals surface area contributed by atoms with Crippen molar-refractivity contribution >= 4 is 17.3 Å². The SMILES string of the molecule is CCOC(=O)c1nnc(-c2cncs2)o1. The van der Waals surface area contributed by atoms with Crippen LogP contribution in [0.5, 0.6) is 0 Å². The normalized spacial score (nSPS) is 10.2. The zero-order valence-electron chi connectivity index (χ0n) is 7.84. The van der Waals surface area contributed by atoms with Gasteiger partial charge in [-0.05, 0) is 6.92 Å². The monoisotopic (exact) mass is 225 g/mol. The Morgan fingerprint density at radius 1 is 1.60 bits per heavy atom. The van der Waals surface area contributed by atoms with Crippen LogP contribution in [-0.4, -0.2) is 27.8 Å². The number of carbonyl (C=O) groups is 1. The fourth-order valence-electron chi connectivity index (χ4n) is 0.920. The third kappa shape index (κ3) is 2.01. The Balaban J connectivity index is 2.21. The molecule has 0 saturated carbocycles. The predicted octanol–water partition coefficient (Wildman–Crippen LogP) is 1.37. The molecule has 0 aliphatic heterocycles. The average molecular weight is 225 g/mol. The summed E-state index contributed by atoms with van der Waals surface area (Å²) in [6.45, 7) is 1.98. The van der Waals surface area contributed by atoms with E-state index >= 15 is 0 Å². The summed E-state index contributed by atoms with van der Waals surface area (Å²) in [5.41, 5.74) is 1.64. The van der Waals surface area contributed by atoms with Gasteiger partial charge in [-0.2, -0.15) is 0 Å². The van der Waals surface area contributed by atoms with Gasteiger partial charge >= 0.3 is 11.9 Å². The fraction of sp³-hybridized carbons (Fsp3) is 0.250. The highest BCUT2D eigenvalue weighted by Gasteiger charge is 2.17. The van der Waals surface area contributed by atoms with E-state index in [1.165, 1.54) is 11.3 Å². The molecule has 0 spiro atoms. The number of rotatable bonds is 3. The second kappa shape index (κ2) is 4.18. The van der Waals surface area contributed by atoms with Gasteiger partial charge in [0.2, 0.25) is 0 Å². The number of aromatic nitrogens is 3. The lowest BCUT2D eigenvalue weighted by atomic mass is 10.6. The minimum Gasteiger partial charge on any atom is -0.459 e. The first kappa shape index (κ1) is 9.78. The minimum atomic E-state index is -0.610. The van der Waals surface area contributed by atoms with Crippen LogP contribution in [0.1, 0.15) is 17.6 Å². The molecule has 0 saturated heterocycles. The molecule has 0 bridgehead atoms. The lowest BCUT2D eigenvalue weighted by Gasteiger charge is -1.93. The lowest BCUT2D eigenvalue weighted by Crippen LogP contribution is -2.04. The van der Waals surface area contributed by atoms with Crippen LogP contribution in [-0.2, 0) is 4.74 Å².